The van der Waals surface area contributed by atoms with Crippen LogP contribution in [0.2, 0.25) is 0 Å². The summed E-state index contributed by atoms with van der Waals surface area (Å²) in [6, 6.07) is 31.6. The molecule has 4 aromatic rings. The number of fused-ring (bicyclic) bond motifs is 1. The van der Waals surface area contributed by atoms with E-state index in [0.29, 0.717) is 29.0 Å². The third-order valence-electron chi connectivity index (χ3n) is 6.63. The van der Waals surface area contributed by atoms with Gasteiger partial charge in [-0.2, -0.15) is 0 Å². The number of nitrogens with one attached hydrogen (secondary N) is 2. The molecule has 39 heavy (non-hydrogen) atoms. The fraction of sp³-hybridized carbons (Fsp3) is 0.100. The molecular formula is C30H24N4O4S. The number of rotatable bonds is 8. The molecule has 0 fully saturated rings. The first-order valence-corrected chi connectivity index (χ1v) is 12.7. The van der Waals surface area contributed by atoms with Crippen molar-refractivity contribution in [1.82, 2.24) is 5.32 Å². The number of nitro groups is 1. The smallest absolute Gasteiger partial charge is 0.269 e. The number of Topliss-reactive ketones (excluding diaryl/α,β-unsaturated/α-hetero) is 1. The summed E-state index contributed by atoms with van der Waals surface area (Å²) in [5.74, 6) is -0.518. The quantitative estimate of drug-likeness (QED) is 0.131. The molecule has 0 saturated carbocycles. The van der Waals surface area contributed by atoms with Crippen LogP contribution in [0.5, 0.6) is 0 Å². The number of non-ortho nitro benzene ring substituents is 1. The molecule has 1 amide bonds. The number of carbonyl (C=O) groups excluding carboxylic acids is 2. The van der Waals surface area contributed by atoms with Crippen LogP contribution in [0.15, 0.2) is 109 Å². The van der Waals surface area contributed by atoms with Crippen molar-refractivity contribution in [2.24, 2.45) is 0 Å². The number of nitro benzene ring substituents is 1. The van der Waals surface area contributed by atoms with Gasteiger partial charge >= 0.3 is 0 Å². The van der Waals surface area contributed by atoms with Gasteiger partial charge in [0.2, 0.25) is 0 Å². The minimum atomic E-state index is -1.47. The molecule has 194 valence electrons. The fourth-order valence-corrected chi connectivity index (χ4v) is 5.07. The van der Waals surface area contributed by atoms with Gasteiger partial charge in [-0.05, 0) is 36.0 Å². The first kappa shape index (κ1) is 25.7. The molecule has 4 aromatic carbocycles. The Balaban J connectivity index is 1.51. The Bertz CT molecular complexity index is 1540. The summed E-state index contributed by atoms with van der Waals surface area (Å²) in [5.41, 5.74) is 1.74. The number of ketones is 1. The number of benzene rings is 4. The van der Waals surface area contributed by atoms with Gasteiger partial charge in [-0.3, -0.25) is 19.7 Å². The van der Waals surface area contributed by atoms with E-state index in [2.05, 4.69) is 10.6 Å². The Hall–Kier alpha value is -4.89. The van der Waals surface area contributed by atoms with E-state index < -0.39 is 10.5 Å². The van der Waals surface area contributed by atoms with Crippen LogP contribution in [0.3, 0.4) is 0 Å². The number of carbonyl (C=O) groups is 2. The van der Waals surface area contributed by atoms with E-state index in [4.69, 9.17) is 12.2 Å². The number of nitrogens with zero attached hydrogens (tertiary/aromatic N) is 2. The molecule has 0 spiro atoms. The molecule has 2 N–H and O–H groups in total. The van der Waals surface area contributed by atoms with Gasteiger partial charge in [0.25, 0.3) is 11.6 Å². The molecule has 0 aliphatic carbocycles. The SMILES string of the molecule is O=C(C[C@@]1(NC(=S)Nc2ccc([N+](=O)[O-])cc2)C(=O)N(Cc2ccccc2)c2ccccc21)c1ccccc1. The van der Waals surface area contributed by atoms with Gasteiger partial charge < -0.3 is 15.5 Å². The second-order valence-corrected chi connectivity index (χ2v) is 9.56. The molecule has 1 aliphatic rings. The van der Waals surface area contributed by atoms with Crippen LogP contribution in [0.4, 0.5) is 17.1 Å². The highest BCUT2D eigenvalue weighted by Crippen LogP contribution is 2.44. The Morgan fingerprint density at radius 2 is 1.49 bits per heavy atom. The summed E-state index contributed by atoms with van der Waals surface area (Å²) < 4.78 is 0. The molecule has 0 bridgehead atoms. The Labute approximate surface area is 230 Å². The zero-order valence-electron chi connectivity index (χ0n) is 20.7. The summed E-state index contributed by atoms with van der Waals surface area (Å²) in [5, 5.41) is 17.3. The summed E-state index contributed by atoms with van der Waals surface area (Å²) in [6.45, 7) is 0.322. The van der Waals surface area contributed by atoms with E-state index in [0.717, 1.165) is 5.56 Å². The lowest BCUT2D eigenvalue weighted by atomic mass is 9.84. The van der Waals surface area contributed by atoms with E-state index >= 15 is 0 Å². The second kappa shape index (κ2) is 10.8. The van der Waals surface area contributed by atoms with Gasteiger partial charge in [0.1, 0.15) is 0 Å². The first-order chi connectivity index (χ1) is 18.9. The van der Waals surface area contributed by atoms with Gasteiger partial charge in [0, 0.05) is 35.4 Å². The molecule has 0 saturated heterocycles. The number of hydrogen-bond acceptors (Lipinski definition) is 5. The van der Waals surface area contributed by atoms with Crippen LogP contribution >= 0.6 is 12.2 Å². The molecule has 5 rings (SSSR count). The van der Waals surface area contributed by atoms with Gasteiger partial charge in [-0.1, -0.05) is 78.9 Å². The zero-order valence-corrected chi connectivity index (χ0v) is 21.6. The lowest BCUT2D eigenvalue weighted by Gasteiger charge is -2.31. The number of para-hydroxylation sites is 1. The van der Waals surface area contributed by atoms with E-state index in [1.54, 1.807) is 29.2 Å². The van der Waals surface area contributed by atoms with Gasteiger partial charge in [-0.25, -0.2) is 0 Å². The molecule has 0 aromatic heterocycles. The van der Waals surface area contributed by atoms with Crippen molar-refractivity contribution >= 4 is 46.1 Å². The highest BCUT2D eigenvalue weighted by atomic mass is 32.1. The number of thiocarbonyl (C=S) groups is 1. The number of anilines is 2. The minimum absolute atomic E-state index is 0.0548. The van der Waals surface area contributed by atoms with E-state index in [9.17, 15) is 19.7 Å². The van der Waals surface area contributed by atoms with Crippen molar-refractivity contribution in [3.8, 4) is 0 Å². The van der Waals surface area contributed by atoms with Crippen molar-refractivity contribution in [2.75, 3.05) is 10.2 Å². The molecular weight excluding hydrogens is 512 g/mol. The largest absolute Gasteiger partial charge is 0.344 e. The molecule has 1 heterocycles. The van der Waals surface area contributed by atoms with Crippen LogP contribution < -0.4 is 15.5 Å². The zero-order chi connectivity index (χ0) is 27.4. The monoisotopic (exact) mass is 536 g/mol. The van der Waals surface area contributed by atoms with Crippen molar-refractivity contribution in [3.63, 3.8) is 0 Å². The second-order valence-electron chi connectivity index (χ2n) is 9.15. The third-order valence-corrected chi connectivity index (χ3v) is 6.84. The minimum Gasteiger partial charge on any atom is -0.344 e. The predicted molar refractivity (Wildman–Crippen MR) is 154 cm³/mol. The summed E-state index contributed by atoms with van der Waals surface area (Å²) in [7, 11) is 0. The van der Waals surface area contributed by atoms with E-state index in [-0.39, 0.29) is 28.9 Å². The summed E-state index contributed by atoms with van der Waals surface area (Å²) in [6.07, 6.45) is -0.166. The summed E-state index contributed by atoms with van der Waals surface area (Å²) in [4.78, 5) is 40.0. The highest BCUT2D eigenvalue weighted by Gasteiger charge is 2.52. The van der Waals surface area contributed by atoms with Gasteiger partial charge in [0.15, 0.2) is 16.4 Å². The number of hydrogen-bond donors (Lipinski definition) is 2. The topological polar surface area (TPSA) is 105 Å². The molecule has 8 nitrogen and oxygen atoms in total. The normalized spacial score (nSPS) is 15.9. The maximum absolute atomic E-state index is 14.3. The standard InChI is InChI=1S/C30H24N4O4S/c35-27(22-11-5-2-6-12-22)19-30(32-29(39)31-23-15-17-24(18-16-23)34(37)38)25-13-7-8-14-26(25)33(28(30)36)20-21-9-3-1-4-10-21/h1-18H,19-20H2,(H2,31,32,39)/t30-/m0/s1. The van der Waals surface area contributed by atoms with E-state index in [1.807, 2.05) is 60.7 Å². The van der Waals surface area contributed by atoms with Crippen molar-refractivity contribution < 1.29 is 14.5 Å². The third kappa shape index (κ3) is 5.25. The van der Waals surface area contributed by atoms with Crippen molar-refractivity contribution in [1.29, 1.82) is 0 Å². The maximum Gasteiger partial charge on any atom is 0.269 e. The first-order valence-electron chi connectivity index (χ1n) is 12.2. The van der Waals surface area contributed by atoms with Crippen molar-refractivity contribution in [3.05, 3.63) is 136 Å². The lowest BCUT2D eigenvalue weighted by Crippen LogP contribution is -2.55. The average Bonchev–Trinajstić information content (AvgIpc) is 3.17. The van der Waals surface area contributed by atoms with Crippen LogP contribution in [-0.4, -0.2) is 21.7 Å². The Kier molecular flexibility index (Phi) is 7.16. The van der Waals surface area contributed by atoms with Crippen LogP contribution in [-0.2, 0) is 16.9 Å². The summed E-state index contributed by atoms with van der Waals surface area (Å²) >= 11 is 5.61. The van der Waals surface area contributed by atoms with Crippen LogP contribution in [0, 0.1) is 10.1 Å². The highest BCUT2D eigenvalue weighted by molar-refractivity contribution is 7.80. The van der Waals surface area contributed by atoms with Crippen molar-refractivity contribution in [2.45, 2.75) is 18.5 Å². The molecule has 1 atom stereocenters. The maximum atomic E-state index is 14.3. The average molecular weight is 537 g/mol. The lowest BCUT2D eigenvalue weighted by molar-refractivity contribution is -0.384. The molecule has 9 heteroatoms. The molecule has 0 radical (unpaired) electrons. The Morgan fingerprint density at radius 3 is 2.15 bits per heavy atom. The van der Waals surface area contributed by atoms with Gasteiger partial charge in [-0.15, -0.1) is 0 Å². The Morgan fingerprint density at radius 1 is 0.872 bits per heavy atom. The molecule has 1 aliphatic heterocycles. The number of amides is 1. The van der Waals surface area contributed by atoms with Crippen LogP contribution in [0.1, 0.15) is 27.9 Å². The molecule has 0 unspecified atom stereocenters. The fourth-order valence-electron chi connectivity index (χ4n) is 4.77. The van der Waals surface area contributed by atoms with Gasteiger partial charge in [0.05, 0.1) is 17.2 Å². The predicted octanol–water partition coefficient (Wildman–Crippen LogP) is 5.60. The van der Waals surface area contributed by atoms with E-state index in [1.165, 1.54) is 24.3 Å². The van der Waals surface area contributed by atoms with Crippen LogP contribution in [0.25, 0.3) is 0 Å².